The van der Waals surface area contributed by atoms with Gasteiger partial charge in [-0.05, 0) is 41.2 Å². The van der Waals surface area contributed by atoms with Crippen molar-refractivity contribution in [1.29, 1.82) is 0 Å². The van der Waals surface area contributed by atoms with Crippen LogP contribution in [0.2, 0.25) is 0 Å². The largest absolute Gasteiger partial charge is 0.560 e. The Morgan fingerprint density at radius 1 is 1.00 bits per heavy atom. The van der Waals surface area contributed by atoms with Crippen molar-refractivity contribution in [2.75, 3.05) is 0 Å². The number of phenols is 1. The molecule has 1 aliphatic heterocycles. The Morgan fingerprint density at radius 2 is 1.80 bits per heavy atom. The predicted molar refractivity (Wildman–Crippen MR) is 104 cm³/mol. The van der Waals surface area contributed by atoms with E-state index in [0.717, 1.165) is 17.5 Å². The Kier molecular flexibility index (Phi) is 5.10. The first kappa shape index (κ1) is 17.9. The van der Waals surface area contributed by atoms with Crippen molar-refractivity contribution in [3.63, 3.8) is 0 Å². The number of phenolic OH excluding ortho intramolecular Hbond substituents is 1. The van der Waals surface area contributed by atoms with E-state index in [-0.39, 0.29) is 11.2 Å². The average Bonchev–Trinajstić information content (AvgIpc) is 2.58. The molecule has 4 heteroatoms. The normalized spacial score (nSPS) is 13.2. The van der Waals surface area contributed by atoms with E-state index in [4.69, 9.17) is 4.65 Å². The topological polar surface area (TPSA) is 49.7 Å². The highest BCUT2D eigenvalue weighted by Gasteiger charge is 2.31. The molecule has 0 saturated carbocycles. The third kappa shape index (κ3) is 3.69. The van der Waals surface area contributed by atoms with Crippen molar-refractivity contribution in [3.05, 3.63) is 42.0 Å². The number of rotatable bonds is 6. The zero-order valence-electron chi connectivity index (χ0n) is 15.4. The zero-order chi connectivity index (χ0) is 18.0. The van der Waals surface area contributed by atoms with Crippen molar-refractivity contribution in [1.82, 2.24) is 0 Å². The fraction of sp³-hybridized carbons (Fsp3) is 0.429. The summed E-state index contributed by atoms with van der Waals surface area (Å²) in [5, 5.41) is 20.1. The lowest BCUT2D eigenvalue weighted by Gasteiger charge is -2.29. The van der Waals surface area contributed by atoms with E-state index in [2.05, 4.69) is 26.8 Å². The molecule has 0 unspecified atom stereocenters. The van der Waals surface area contributed by atoms with E-state index in [0.29, 0.717) is 11.2 Å². The van der Waals surface area contributed by atoms with Crippen LogP contribution in [0.25, 0.3) is 11.1 Å². The minimum atomic E-state index is -0.994. The number of hydrogen-bond acceptors (Lipinski definition) is 3. The van der Waals surface area contributed by atoms with Crippen LogP contribution >= 0.6 is 0 Å². The summed E-state index contributed by atoms with van der Waals surface area (Å²) in [5.74, 6) is 0.879. The van der Waals surface area contributed by atoms with Gasteiger partial charge in [0.15, 0.2) is 0 Å². The monoisotopic (exact) mass is 338 g/mol. The van der Waals surface area contributed by atoms with Gasteiger partial charge in [-0.15, -0.1) is 0 Å². The molecule has 0 bridgehead atoms. The van der Waals surface area contributed by atoms with Gasteiger partial charge in [-0.1, -0.05) is 64.7 Å². The Hall–Kier alpha value is -1.94. The molecule has 0 aromatic heterocycles. The van der Waals surface area contributed by atoms with E-state index >= 15 is 0 Å². The van der Waals surface area contributed by atoms with Gasteiger partial charge in [0.25, 0.3) is 0 Å². The molecule has 1 heterocycles. The summed E-state index contributed by atoms with van der Waals surface area (Å²) in [5.41, 5.74) is 3.73. The summed E-state index contributed by atoms with van der Waals surface area (Å²) >= 11 is 0. The van der Waals surface area contributed by atoms with Gasteiger partial charge in [0, 0.05) is 11.0 Å². The van der Waals surface area contributed by atoms with E-state index in [1.165, 1.54) is 31.2 Å². The highest BCUT2D eigenvalue weighted by atomic mass is 16.5. The van der Waals surface area contributed by atoms with Crippen LogP contribution in [0, 0.1) is 0 Å². The highest BCUT2D eigenvalue weighted by Crippen LogP contribution is 2.39. The van der Waals surface area contributed by atoms with Gasteiger partial charge in [-0.2, -0.15) is 0 Å². The second kappa shape index (κ2) is 7.13. The predicted octanol–water partition coefficient (Wildman–Crippen LogP) is 4.39. The molecule has 0 spiro atoms. The number of aromatic hydroxyl groups is 1. The van der Waals surface area contributed by atoms with Crippen molar-refractivity contribution < 1.29 is 14.8 Å². The van der Waals surface area contributed by atoms with Gasteiger partial charge in [0.1, 0.15) is 11.5 Å². The first-order chi connectivity index (χ1) is 11.9. The van der Waals surface area contributed by atoms with Crippen LogP contribution in [-0.4, -0.2) is 17.2 Å². The van der Waals surface area contributed by atoms with Crippen molar-refractivity contribution in [2.24, 2.45) is 0 Å². The van der Waals surface area contributed by atoms with Crippen LogP contribution in [0.5, 0.6) is 11.5 Å². The molecule has 0 amide bonds. The molecule has 0 atom stereocenters. The Labute approximate surface area is 150 Å². The van der Waals surface area contributed by atoms with Gasteiger partial charge < -0.3 is 14.8 Å². The number of unbranched alkanes of at least 4 members (excludes halogenated alkanes) is 3. The molecule has 1 aliphatic rings. The molecular weight excluding hydrogens is 311 g/mol. The molecule has 0 aliphatic carbocycles. The van der Waals surface area contributed by atoms with Gasteiger partial charge >= 0.3 is 7.12 Å². The molecule has 0 fully saturated rings. The molecule has 132 valence electrons. The molecule has 3 rings (SSSR count). The minimum Gasteiger partial charge on any atom is -0.532 e. The van der Waals surface area contributed by atoms with Crippen LogP contribution in [0.3, 0.4) is 0 Å². The quantitative estimate of drug-likeness (QED) is 0.607. The van der Waals surface area contributed by atoms with E-state index in [1.807, 2.05) is 12.1 Å². The lowest BCUT2D eigenvalue weighted by Crippen LogP contribution is -2.40. The number of benzene rings is 2. The summed E-state index contributed by atoms with van der Waals surface area (Å²) < 4.78 is 5.75. The second-order valence-electron chi connectivity index (χ2n) is 7.65. The smallest absolute Gasteiger partial charge is 0.532 e. The molecule has 2 N–H and O–H groups in total. The van der Waals surface area contributed by atoms with Gasteiger partial charge in [-0.25, -0.2) is 0 Å². The van der Waals surface area contributed by atoms with Gasteiger partial charge in [0.05, 0.1) is 0 Å². The summed E-state index contributed by atoms with van der Waals surface area (Å²) in [7, 11) is -0.994. The Bertz CT molecular complexity index is 755. The Balaban J connectivity index is 1.89. The lowest BCUT2D eigenvalue weighted by atomic mass is 9.71. The number of fused-ring (bicyclic) bond motifs is 3. The van der Waals surface area contributed by atoms with Crippen LogP contribution < -0.4 is 10.1 Å². The van der Waals surface area contributed by atoms with E-state index in [9.17, 15) is 10.1 Å². The van der Waals surface area contributed by atoms with Crippen molar-refractivity contribution in [2.45, 2.75) is 58.3 Å². The second-order valence-corrected chi connectivity index (χ2v) is 7.65. The molecule has 3 nitrogen and oxygen atoms in total. The molecular formula is C21H27BO3. The Morgan fingerprint density at radius 3 is 2.56 bits per heavy atom. The van der Waals surface area contributed by atoms with Crippen LogP contribution in [0.4, 0.5) is 0 Å². The maximum absolute atomic E-state index is 10.3. The first-order valence-corrected chi connectivity index (χ1v) is 9.25. The third-order valence-corrected chi connectivity index (χ3v) is 5.25. The van der Waals surface area contributed by atoms with Crippen molar-refractivity contribution >= 4 is 12.6 Å². The molecule has 2 aromatic carbocycles. The fourth-order valence-electron chi connectivity index (χ4n) is 3.58. The standard InChI is InChI=1S/C21H27BO3/c1-4-5-6-7-12-21(2,3)15-8-10-17-18-14-16(23)9-11-19(18)22(24)25-20(17)13-15/h8-11,13-14,23-24H,4-7,12H2,1-3H3. The molecule has 0 saturated heterocycles. The van der Waals surface area contributed by atoms with Crippen LogP contribution in [0.15, 0.2) is 36.4 Å². The zero-order valence-corrected chi connectivity index (χ0v) is 15.4. The van der Waals surface area contributed by atoms with E-state index in [1.54, 1.807) is 18.2 Å². The SMILES string of the molecule is CCCCCCC(C)(C)c1ccc2c(c1)OB(O)c1ccc(O)cc1-2. The average molecular weight is 338 g/mol. The summed E-state index contributed by atoms with van der Waals surface area (Å²) in [6.45, 7) is 6.76. The summed E-state index contributed by atoms with van der Waals surface area (Å²) in [6.07, 6.45) is 6.16. The first-order valence-electron chi connectivity index (χ1n) is 9.25. The minimum absolute atomic E-state index is 0.0657. The van der Waals surface area contributed by atoms with Gasteiger partial charge in [-0.3, -0.25) is 0 Å². The third-order valence-electron chi connectivity index (χ3n) is 5.25. The maximum Gasteiger partial charge on any atom is 0.560 e. The summed E-state index contributed by atoms with van der Waals surface area (Å²) in [4.78, 5) is 0. The maximum atomic E-state index is 10.3. The van der Waals surface area contributed by atoms with Crippen LogP contribution in [0.1, 0.15) is 58.4 Å². The highest BCUT2D eigenvalue weighted by molar-refractivity contribution is 6.63. The molecule has 0 radical (unpaired) electrons. The van der Waals surface area contributed by atoms with Crippen molar-refractivity contribution in [3.8, 4) is 22.6 Å². The van der Waals surface area contributed by atoms with Crippen LogP contribution in [-0.2, 0) is 5.41 Å². The number of hydrogen-bond donors (Lipinski definition) is 2. The van der Waals surface area contributed by atoms with E-state index < -0.39 is 7.12 Å². The molecule has 25 heavy (non-hydrogen) atoms. The summed E-state index contributed by atoms with van der Waals surface area (Å²) in [6, 6.07) is 11.2. The van der Waals surface area contributed by atoms with Gasteiger partial charge in [0.2, 0.25) is 0 Å². The lowest BCUT2D eigenvalue weighted by molar-refractivity contribution is 0.423. The molecule has 2 aromatic rings. The fourth-order valence-corrected chi connectivity index (χ4v) is 3.58.